The summed E-state index contributed by atoms with van der Waals surface area (Å²) < 4.78 is 23.0. The SMILES string of the molecule is CN=C(NCCS(=O)Cc1ccccc1)N(C)Cc1ccc(OC)cc1OC.I. The van der Waals surface area contributed by atoms with E-state index >= 15 is 0 Å². The van der Waals surface area contributed by atoms with Crippen LogP contribution in [0.25, 0.3) is 0 Å². The van der Waals surface area contributed by atoms with Gasteiger partial charge in [0.05, 0.1) is 14.2 Å². The first-order valence-electron chi connectivity index (χ1n) is 9.09. The lowest BCUT2D eigenvalue weighted by Crippen LogP contribution is -2.40. The molecule has 2 aromatic rings. The Kier molecular flexibility index (Phi) is 11.7. The molecule has 0 aromatic heterocycles. The molecule has 0 amide bonds. The Bertz CT molecular complexity index is 803. The van der Waals surface area contributed by atoms with E-state index in [9.17, 15) is 4.21 Å². The first-order chi connectivity index (χ1) is 13.6. The van der Waals surface area contributed by atoms with Gasteiger partial charge in [-0.15, -0.1) is 24.0 Å². The Balaban J connectivity index is 0.00000420. The van der Waals surface area contributed by atoms with Crippen molar-refractivity contribution in [1.29, 1.82) is 0 Å². The molecule has 0 aliphatic heterocycles. The van der Waals surface area contributed by atoms with Crippen LogP contribution in [0.5, 0.6) is 11.5 Å². The molecule has 0 aliphatic carbocycles. The summed E-state index contributed by atoms with van der Waals surface area (Å²) >= 11 is 0. The molecule has 0 heterocycles. The van der Waals surface area contributed by atoms with Crippen molar-refractivity contribution >= 4 is 40.7 Å². The molecule has 1 N–H and O–H groups in total. The highest BCUT2D eigenvalue weighted by Gasteiger charge is 2.11. The molecule has 2 rings (SSSR count). The van der Waals surface area contributed by atoms with Crippen LogP contribution in [0.4, 0.5) is 0 Å². The zero-order chi connectivity index (χ0) is 20.4. The molecule has 0 aliphatic rings. The average Bonchev–Trinajstić information content (AvgIpc) is 2.72. The van der Waals surface area contributed by atoms with Gasteiger partial charge in [-0.2, -0.15) is 0 Å². The number of hydrogen-bond acceptors (Lipinski definition) is 4. The number of ether oxygens (including phenoxy) is 2. The molecule has 0 spiro atoms. The van der Waals surface area contributed by atoms with Crippen molar-refractivity contribution in [3.8, 4) is 11.5 Å². The highest BCUT2D eigenvalue weighted by atomic mass is 127. The third-order valence-electron chi connectivity index (χ3n) is 4.26. The predicted octanol–water partition coefficient (Wildman–Crippen LogP) is 3.28. The van der Waals surface area contributed by atoms with Crippen LogP contribution in [-0.4, -0.2) is 55.7 Å². The fraction of sp³-hybridized carbons (Fsp3) is 0.381. The summed E-state index contributed by atoms with van der Waals surface area (Å²) in [4.78, 5) is 6.33. The number of methoxy groups -OCH3 is 2. The highest BCUT2D eigenvalue weighted by Crippen LogP contribution is 2.25. The first-order valence-corrected chi connectivity index (χ1v) is 10.6. The van der Waals surface area contributed by atoms with Crippen molar-refractivity contribution in [2.45, 2.75) is 12.3 Å². The van der Waals surface area contributed by atoms with Crippen LogP contribution in [0.1, 0.15) is 11.1 Å². The second-order valence-corrected chi connectivity index (χ2v) is 7.86. The van der Waals surface area contributed by atoms with Crippen molar-refractivity contribution in [3.05, 3.63) is 59.7 Å². The fourth-order valence-electron chi connectivity index (χ4n) is 2.81. The fourth-order valence-corrected chi connectivity index (χ4v) is 3.84. The molecule has 0 saturated heterocycles. The Labute approximate surface area is 193 Å². The van der Waals surface area contributed by atoms with E-state index in [2.05, 4.69) is 10.3 Å². The van der Waals surface area contributed by atoms with E-state index in [1.54, 1.807) is 21.3 Å². The van der Waals surface area contributed by atoms with Gasteiger partial charge in [0.25, 0.3) is 0 Å². The molecule has 0 saturated carbocycles. The summed E-state index contributed by atoms with van der Waals surface area (Å²) in [5.41, 5.74) is 2.12. The monoisotopic (exact) mass is 531 g/mol. The van der Waals surface area contributed by atoms with Crippen molar-refractivity contribution < 1.29 is 13.7 Å². The maximum atomic E-state index is 12.3. The summed E-state index contributed by atoms with van der Waals surface area (Å²) in [6.45, 7) is 1.22. The third kappa shape index (κ3) is 8.22. The van der Waals surface area contributed by atoms with Crippen molar-refractivity contribution in [2.75, 3.05) is 40.6 Å². The van der Waals surface area contributed by atoms with Crippen molar-refractivity contribution in [3.63, 3.8) is 0 Å². The van der Waals surface area contributed by atoms with Gasteiger partial charge in [0.2, 0.25) is 0 Å². The molecule has 6 nitrogen and oxygen atoms in total. The Hall–Kier alpha value is -1.81. The predicted molar refractivity (Wildman–Crippen MR) is 131 cm³/mol. The number of guanidine groups is 1. The number of halogens is 1. The second-order valence-electron chi connectivity index (χ2n) is 6.28. The highest BCUT2D eigenvalue weighted by molar-refractivity contribution is 14.0. The zero-order valence-electron chi connectivity index (χ0n) is 17.4. The lowest BCUT2D eigenvalue weighted by atomic mass is 10.2. The lowest BCUT2D eigenvalue weighted by Gasteiger charge is -2.23. The van der Waals surface area contributed by atoms with E-state index in [1.165, 1.54) is 0 Å². The third-order valence-corrected chi connectivity index (χ3v) is 5.57. The minimum absolute atomic E-state index is 0. The van der Waals surface area contributed by atoms with Crippen LogP contribution >= 0.6 is 24.0 Å². The minimum Gasteiger partial charge on any atom is -0.497 e. The van der Waals surface area contributed by atoms with Gasteiger partial charge in [-0.05, 0) is 17.7 Å². The first kappa shape index (κ1) is 25.2. The van der Waals surface area contributed by atoms with Crippen LogP contribution in [0.15, 0.2) is 53.5 Å². The van der Waals surface area contributed by atoms with E-state index in [1.807, 2.05) is 60.5 Å². The normalized spacial score (nSPS) is 11.9. The van der Waals surface area contributed by atoms with Gasteiger partial charge in [0, 0.05) is 61.1 Å². The van der Waals surface area contributed by atoms with Crippen LogP contribution in [-0.2, 0) is 23.1 Å². The van der Waals surface area contributed by atoms with Gasteiger partial charge >= 0.3 is 0 Å². The smallest absolute Gasteiger partial charge is 0.193 e. The molecule has 29 heavy (non-hydrogen) atoms. The Morgan fingerprint density at radius 2 is 1.86 bits per heavy atom. The minimum atomic E-state index is -0.919. The summed E-state index contributed by atoms with van der Waals surface area (Å²) in [6.07, 6.45) is 0. The number of hydrogen-bond donors (Lipinski definition) is 1. The standard InChI is InChI=1S/C21H29N3O3S.HI/c1-22-21(23-12-13-28(25)16-17-8-6-5-7-9-17)24(2)15-18-10-11-19(26-3)14-20(18)27-4;/h5-11,14H,12-13,15-16H2,1-4H3,(H,22,23);1H. The van der Waals surface area contributed by atoms with Gasteiger partial charge in [0.1, 0.15) is 11.5 Å². The summed E-state index contributed by atoms with van der Waals surface area (Å²) in [7, 11) is 6.06. The largest absolute Gasteiger partial charge is 0.497 e. The number of nitrogens with one attached hydrogen (secondary N) is 1. The Morgan fingerprint density at radius 3 is 2.48 bits per heavy atom. The van der Waals surface area contributed by atoms with Crippen molar-refractivity contribution in [1.82, 2.24) is 10.2 Å². The van der Waals surface area contributed by atoms with E-state index in [0.717, 1.165) is 28.6 Å². The second kappa shape index (κ2) is 13.4. The van der Waals surface area contributed by atoms with Crippen LogP contribution in [0.3, 0.4) is 0 Å². The van der Waals surface area contributed by atoms with Crippen LogP contribution < -0.4 is 14.8 Å². The summed E-state index contributed by atoms with van der Waals surface area (Å²) in [6, 6.07) is 15.7. The van der Waals surface area contributed by atoms with E-state index in [0.29, 0.717) is 24.6 Å². The van der Waals surface area contributed by atoms with Crippen LogP contribution in [0, 0.1) is 0 Å². The zero-order valence-corrected chi connectivity index (χ0v) is 20.5. The molecular weight excluding hydrogens is 501 g/mol. The molecular formula is C21H30IN3O3S. The molecule has 1 unspecified atom stereocenters. The van der Waals surface area contributed by atoms with Gasteiger partial charge < -0.3 is 19.7 Å². The summed E-state index contributed by atoms with van der Waals surface area (Å²) in [5, 5.41) is 3.28. The van der Waals surface area contributed by atoms with E-state index in [-0.39, 0.29) is 24.0 Å². The number of aliphatic imine (C=N–C) groups is 1. The van der Waals surface area contributed by atoms with E-state index < -0.39 is 10.8 Å². The topological polar surface area (TPSA) is 63.2 Å². The molecule has 0 fully saturated rings. The molecule has 0 radical (unpaired) electrons. The molecule has 2 aromatic carbocycles. The van der Waals surface area contributed by atoms with Crippen LogP contribution in [0.2, 0.25) is 0 Å². The van der Waals surface area contributed by atoms with Crippen molar-refractivity contribution in [2.24, 2.45) is 4.99 Å². The van der Waals surface area contributed by atoms with Gasteiger partial charge in [-0.25, -0.2) is 0 Å². The maximum Gasteiger partial charge on any atom is 0.193 e. The molecule has 1 atom stereocenters. The van der Waals surface area contributed by atoms with Gasteiger partial charge in [-0.1, -0.05) is 30.3 Å². The summed E-state index contributed by atoms with van der Waals surface area (Å²) in [5.74, 6) is 3.40. The maximum absolute atomic E-state index is 12.3. The average molecular weight is 531 g/mol. The van der Waals surface area contributed by atoms with Gasteiger partial charge in [-0.3, -0.25) is 9.20 Å². The van der Waals surface area contributed by atoms with E-state index in [4.69, 9.17) is 9.47 Å². The number of rotatable bonds is 9. The molecule has 8 heteroatoms. The molecule has 0 bridgehead atoms. The number of benzene rings is 2. The van der Waals surface area contributed by atoms with Gasteiger partial charge in [0.15, 0.2) is 5.96 Å². The lowest BCUT2D eigenvalue weighted by molar-refractivity contribution is 0.382. The molecule has 160 valence electrons. The number of nitrogens with zero attached hydrogens (tertiary/aromatic N) is 2. The quantitative estimate of drug-likeness (QED) is 0.306. The Morgan fingerprint density at radius 1 is 1.14 bits per heavy atom.